The van der Waals surface area contributed by atoms with Gasteiger partial charge in [-0.25, -0.2) is 5.43 Å². The molecule has 2 aromatic carbocycles. The van der Waals surface area contributed by atoms with Gasteiger partial charge in [0.2, 0.25) is 0 Å². The minimum absolute atomic E-state index is 0.319. The second kappa shape index (κ2) is 7.84. The summed E-state index contributed by atoms with van der Waals surface area (Å²) in [5.74, 6) is 1.52. The van der Waals surface area contributed by atoms with Gasteiger partial charge in [-0.05, 0) is 42.0 Å². The van der Waals surface area contributed by atoms with Crippen molar-refractivity contribution in [3.8, 4) is 17.2 Å². The van der Waals surface area contributed by atoms with Crippen LogP contribution < -0.4 is 19.6 Å². The van der Waals surface area contributed by atoms with Crippen molar-refractivity contribution in [3.05, 3.63) is 53.6 Å². The van der Waals surface area contributed by atoms with E-state index in [1.807, 2.05) is 6.07 Å². The highest BCUT2D eigenvalue weighted by atomic mass is 16.5. The van der Waals surface area contributed by atoms with Crippen LogP contribution in [0, 0.1) is 0 Å². The van der Waals surface area contributed by atoms with Gasteiger partial charge in [0.15, 0.2) is 11.5 Å². The zero-order chi connectivity index (χ0) is 16.7. The molecule has 0 radical (unpaired) electrons. The van der Waals surface area contributed by atoms with E-state index in [0.717, 1.165) is 5.56 Å². The average Bonchev–Trinajstić information content (AvgIpc) is 2.61. The number of hydrogen-bond donors (Lipinski definition) is 1. The zero-order valence-electron chi connectivity index (χ0n) is 13.2. The molecule has 1 amide bonds. The molecule has 0 fully saturated rings. The third-order valence-corrected chi connectivity index (χ3v) is 3.12. The Labute approximate surface area is 134 Å². The van der Waals surface area contributed by atoms with Gasteiger partial charge in [-0.15, -0.1) is 0 Å². The maximum absolute atomic E-state index is 12.0. The van der Waals surface area contributed by atoms with Crippen LogP contribution >= 0.6 is 0 Å². The van der Waals surface area contributed by atoms with Gasteiger partial charge in [-0.2, -0.15) is 5.10 Å². The molecule has 23 heavy (non-hydrogen) atoms. The first kappa shape index (κ1) is 16.4. The lowest BCUT2D eigenvalue weighted by atomic mass is 10.2. The van der Waals surface area contributed by atoms with Gasteiger partial charge < -0.3 is 14.2 Å². The lowest BCUT2D eigenvalue weighted by Gasteiger charge is -2.07. The quantitative estimate of drug-likeness (QED) is 0.657. The lowest BCUT2D eigenvalue weighted by molar-refractivity contribution is 0.0955. The summed E-state index contributed by atoms with van der Waals surface area (Å²) in [4.78, 5) is 12.0. The van der Waals surface area contributed by atoms with Crippen LogP contribution in [0.4, 0.5) is 0 Å². The van der Waals surface area contributed by atoms with Gasteiger partial charge in [0, 0.05) is 5.56 Å². The highest BCUT2D eigenvalue weighted by Gasteiger charge is 2.06. The molecular weight excluding hydrogens is 296 g/mol. The summed E-state index contributed by atoms with van der Waals surface area (Å²) in [7, 11) is 4.68. The van der Waals surface area contributed by atoms with E-state index in [0.29, 0.717) is 22.8 Å². The van der Waals surface area contributed by atoms with Gasteiger partial charge in [0.1, 0.15) is 5.75 Å². The Kier molecular flexibility index (Phi) is 5.57. The third-order valence-electron chi connectivity index (χ3n) is 3.12. The number of benzene rings is 2. The molecule has 6 heteroatoms. The van der Waals surface area contributed by atoms with E-state index in [2.05, 4.69) is 10.5 Å². The van der Waals surface area contributed by atoms with Crippen LogP contribution in [0.1, 0.15) is 15.9 Å². The van der Waals surface area contributed by atoms with E-state index < -0.39 is 0 Å². The van der Waals surface area contributed by atoms with Crippen LogP contribution in [-0.2, 0) is 0 Å². The lowest BCUT2D eigenvalue weighted by Crippen LogP contribution is -2.17. The molecule has 0 unspecified atom stereocenters. The first-order valence-electron chi connectivity index (χ1n) is 6.87. The number of methoxy groups -OCH3 is 3. The molecule has 6 nitrogen and oxygen atoms in total. The van der Waals surface area contributed by atoms with E-state index in [1.54, 1.807) is 57.7 Å². The Morgan fingerprint density at radius 2 is 1.78 bits per heavy atom. The Morgan fingerprint density at radius 1 is 1.00 bits per heavy atom. The Bertz CT molecular complexity index is 713. The molecule has 0 atom stereocenters. The van der Waals surface area contributed by atoms with Gasteiger partial charge in [0.25, 0.3) is 5.91 Å². The monoisotopic (exact) mass is 314 g/mol. The molecule has 0 saturated carbocycles. The molecule has 0 spiro atoms. The number of carbonyl (C=O) groups excluding carboxylic acids is 1. The maximum atomic E-state index is 12.0. The van der Waals surface area contributed by atoms with Crippen molar-refractivity contribution in [2.24, 2.45) is 5.10 Å². The Balaban J connectivity index is 2.04. The fourth-order valence-corrected chi connectivity index (χ4v) is 1.93. The molecule has 0 aliphatic rings. The second-order valence-electron chi connectivity index (χ2n) is 4.55. The van der Waals surface area contributed by atoms with Crippen molar-refractivity contribution in [2.45, 2.75) is 0 Å². The van der Waals surface area contributed by atoms with Crippen LogP contribution in [-0.4, -0.2) is 33.5 Å². The van der Waals surface area contributed by atoms with Gasteiger partial charge in [-0.3, -0.25) is 4.79 Å². The van der Waals surface area contributed by atoms with Crippen molar-refractivity contribution in [1.82, 2.24) is 5.43 Å². The number of hydrogen-bond acceptors (Lipinski definition) is 5. The molecule has 0 heterocycles. The summed E-state index contributed by atoms with van der Waals surface area (Å²) >= 11 is 0. The first-order valence-corrected chi connectivity index (χ1v) is 6.87. The minimum atomic E-state index is -0.319. The molecule has 0 aliphatic carbocycles. The predicted molar refractivity (Wildman–Crippen MR) is 87.6 cm³/mol. The van der Waals surface area contributed by atoms with E-state index >= 15 is 0 Å². The number of carbonyl (C=O) groups is 1. The number of nitrogens with zero attached hydrogens (tertiary/aromatic N) is 1. The molecular formula is C17H18N2O4. The van der Waals surface area contributed by atoms with E-state index in [9.17, 15) is 4.79 Å². The highest BCUT2D eigenvalue weighted by molar-refractivity contribution is 5.95. The third kappa shape index (κ3) is 4.23. The van der Waals surface area contributed by atoms with Crippen LogP contribution in [0.25, 0.3) is 0 Å². The van der Waals surface area contributed by atoms with Crippen LogP contribution in [0.15, 0.2) is 47.6 Å². The standard InChI is InChI=1S/C17H18N2O4/c1-21-14-6-4-5-13(10-14)17(20)19-18-11-12-7-8-15(22-2)16(9-12)23-3/h4-11H,1-3H3,(H,19,20)/b18-11+. The summed E-state index contributed by atoms with van der Waals surface area (Å²) in [6, 6.07) is 12.2. The van der Waals surface area contributed by atoms with E-state index in [4.69, 9.17) is 14.2 Å². The number of ether oxygens (including phenoxy) is 3. The van der Waals surface area contributed by atoms with Crippen molar-refractivity contribution in [1.29, 1.82) is 0 Å². The van der Waals surface area contributed by atoms with Crippen LogP contribution in [0.3, 0.4) is 0 Å². The molecule has 0 bridgehead atoms. The molecule has 120 valence electrons. The molecule has 0 saturated heterocycles. The summed E-state index contributed by atoms with van der Waals surface area (Å²) in [6.07, 6.45) is 1.53. The molecule has 0 aliphatic heterocycles. The molecule has 1 N–H and O–H groups in total. The maximum Gasteiger partial charge on any atom is 0.271 e. The van der Waals surface area contributed by atoms with Crippen LogP contribution in [0.5, 0.6) is 17.2 Å². The van der Waals surface area contributed by atoms with E-state index in [1.165, 1.54) is 6.21 Å². The average molecular weight is 314 g/mol. The molecule has 0 aromatic heterocycles. The van der Waals surface area contributed by atoms with Crippen molar-refractivity contribution in [2.75, 3.05) is 21.3 Å². The number of rotatable bonds is 6. The molecule has 2 rings (SSSR count). The van der Waals surface area contributed by atoms with Gasteiger partial charge in [0.05, 0.1) is 27.5 Å². The Morgan fingerprint density at radius 3 is 2.48 bits per heavy atom. The SMILES string of the molecule is COc1cccc(C(=O)N/N=C/c2ccc(OC)c(OC)c2)c1. The summed E-state index contributed by atoms with van der Waals surface area (Å²) in [5, 5.41) is 3.94. The second-order valence-corrected chi connectivity index (χ2v) is 4.55. The van der Waals surface area contributed by atoms with Crippen molar-refractivity contribution in [3.63, 3.8) is 0 Å². The normalized spacial score (nSPS) is 10.4. The minimum Gasteiger partial charge on any atom is -0.497 e. The topological polar surface area (TPSA) is 69.2 Å². The summed E-state index contributed by atoms with van der Waals surface area (Å²) in [6.45, 7) is 0. The highest BCUT2D eigenvalue weighted by Crippen LogP contribution is 2.26. The smallest absolute Gasteiger partial charge is 0.271 e. The summed E-state index contributed by atoms with van der Waals surface area (Å²) < 4.78 is 15.5. The number of nitrogens with one attached hydrogen (secondary N) is 1. The van der Waals surface area contributed by atoms with Crippen molar-refractivity contribution >= 4 is 12.1 Å². The molecule has 2 aromatic rings. The number of hydrazone groups is 1. The summed E-state index contributed by atoms with van der Waals surface area (Å²) in [5.41, 5.74) is 3.71. The largest absolute Gasteiger partial charge is 0.497 e. The van der Waals surface area contributed by atoms with E-state index in [-0.39, 0.29) is 5.91 Å². The van der Waals surface area contributed by atoms with Crippen LogP contribution in [0.2, 0.25) is 0 Å². The Hall–Kier alpha value is -3.02. The first-order chi connectivity index (χ1) is 11.2. The van der Waals surface area contributed by atoms with Crippen molar-refractivity contribution < 1.29 is 19.0 Å². The fourth-order valence-electron chi connectivity index (χ4n) is 1.93. The predicted octanol–water partition coefficient (Wildman–Crippen LogP) is 2.48. The van der Waals surface area contributed by atoms with Gasteiger partial charge >= 0.3 is 0 Å². The zero-order valence-corrected chi connectivity index (χ0v) is 13.2. The number of amides is 1. The fraction of sp³-hybridized carbons (Fsp3) is 0.176. The van der Waals surface area contributed by atoms with Gasteiger partial charge in [-0.1, -0.05) is 6.07 Å².